The zero-order valence-electron chi connectivity index (χ0n) is 15.0. The van der Waals surface area contributed by atoms with Crippen molar-refractivity contribution in [3.63, 3.8) is 0 Å². The lowest BCUT2D eigenvalue weighted by Crippen LogP contribution is -2.19. The maximum absolute atomic E-state index is 14.0. The number of nitrogens with one attached hydrogen (secondary N) is 1. The molecule has 0 fully saturated rings. The lowest BCUT2D eigenvalue weighted by atomic mass is 9.98. The van der Waals surface area contributed by atoms with Crippen LogP contribution in [0.25, 0.3) is 11.1 Å². The summed E-state index contributed by atoms with van der Waals surface area (Å²) in [5.41, 5.74) is 2.80. The molecule has 1 aliphatic carbocycles. The second kappa shape index (κ2) is 7.35. The number of hydrogen-bond acceptors (Lipinski definition) is 3. The van der Waals surface area contributed by atoms with Crippen molar-refractivity contribution in [3.05, 3.63) is 89.0 Å². The standard InChI is InChI=1S/C22H15F2NO4/c23-18-9-12(21(26)27)10-19(24)20(18)25-22(28)29-11-17-15-7-3-1-5-13(15)14-6-2-4-8-16(14)17/h1-10,17H,11H2,(H,25,28)(H,26,27). The molecular formula is C22H15F2NO4. The van der Waals surface area contributed by atoms with Crippen LogP contribution in [0.1, 0.15) is 27.4 Å². The Kier molecular flexibility index (Phi) is 4.72. The summed E-state index contributed by atoms with van der Waals surface area (Å²) in [5, 5.41) is 10.8. The SMILES string of the molecule is O=C(Nc1c(F)cc(C(=O)O)cc1F)OCC1c2ccccc2-c2ccccc21. The topological polar surface area (TPSA) is 75.6 Å². The fourth-order valence-corrected chi connectivity index (χ4v) is 3.55. The van der Waals surface area contributed by atoms with E-state index in [4.69, 9.17) is 9.84 Å². The summed E-state index contributed by atoms with van der Waals surface area (Å²) in [6.45, 7) is -0.0176. The zero-order chi connectivity index (χ0) is 20.5. The molecule has 0 unspecified atom stereocenters. The maximum Gasteiger partial charge on any atom is 0.411 e. The molecular weight excluding hydrogens is 380 g/mol. The summed E-state index contributed by atoms with van der Waals surface area (Å²) >= 11 is 0. The minimum Gasteiger partial charge on any atom is -0.478 e. The lowest BCUT2D eigenvalue weighted by Gasteiger charge is -2.15. The Morgan fingerprint density at radius 3 is 1.97 bits per heavy atom. The molecule has 7 heteroatoms. The smallest absolute Gasteiger partial charge is 0.411 e. The number of carbonyl (C=O) groups excluding carboxylic acids is 1. The van der Waals surface area contributed by atoms with Crippen LogP contribution in [0.3, 0.4) is 0 Å². The summed E-state index contributed by atoms with van der Waals surface area (Å²) in [7, 11) is 0. The van der Waals surface area contributed by atoms with Crippen LogP contribution < -0.4 is 5.32 Å². The number of anilines is 1. The van der Waals surface area contributed by atoms with Crippen molar-refractivity contribution in [2.75, 3.05) is 11.9 Å². The summed E-state index contributed by atoms with van der Waals surface area (Å²) in [6, 6.07) is 16.8. The average Bonchev–Trinajstić information content (AvgIpc) is 3.03. The Bertz CT molecular complexity index is 1060. The van der Waals surface area contributed by atoms with E-state index in [1.165, 1.54) is 0 Å². The highest BCUT2D eigenvalue weighted by molar-refractivity contribution is 5.90. The van der Waals surface area contributed by atoms with Gasteiger partial charge in [-0.1, -0.05) is 48.5 Å². The number of fused-ring (bicyclic) bond motifs is 3. The van der Waals surface area contributed by atoms with Crippen LogP contribution in [-0.2, 0) is 4.74 Å². The molecule has 0 saturated carbocycles. The van der Waals surface area contributed by atoms with Crippen molar-refractivity contribution in [1.29, 1.82) is 0 Å². The number of hydrogen-bond donors (Lipinski definition) is 2. The average molecular weight is 395 g/mol. The van der Waals surface area contributed by atoms with Crippen LogP contribution in [0.4, 0.5) is 19.3 Å². The van der Waals surface area contributed by atoms with Crippen molar-refractivity contribution < 1.29 is 28.2 Å². The Morgan fingerprint density at radius 1 is 0.931 bits per heavy atom. The van der Waals surface area contributed by atoms with Crippen molar-refractivity contribution in [2.24, 2.45) is 0 Å². The van der Waals surface area contributed by atoms with Crippen LogP contribution in [0.2, 0.25) is 0 Å². The Labute approximate surface area is 164 Å². The third-order valence-corrected chi connectivity index (χ3v) is 4.86. The summed E-state index contributed by atoms with van der Waals surface area (Å²) < 4.78 is 33.2. The molecule has 0 aliphatic heterocycles. The number of ether oxygens (including phenoxy) is 1. The van der Waals surface area contributed by atoms with Gasteiger partial charge in [0.05, 0.1) is 5.56 Å². The molecule has 1 aliphatic rings. The van der Waals surface area contributed by atoms with Gasteiger partial charge in [0, 0.05) is 5.92 Å². The van der Waals surface area contributed by atoms with Gasteiger partial charge in [-0.2, -0.15) is 0 Å². The van der Waals surface area contributed by atoms with Crippen LogP contribution in [0.15, 0.2) is 60.7 Å². The summed E-state index contributed by atoms with van der Waals surface area (Å²) in [4.78, 5) is 23.0. The number of aromatic carboxylic acids is 1. The Morgan fingerprint density at radius 2 is 1.45 bits per heavy atom. The molecule has 0 heterocycles. The van der Waals surface area contributed by atoms with Gasteiger partial charge in [-0.25, -0.2) is 18.4 Å². The fourth-order valence-electron chi connectivity index (χ4n) is 3.55. The third-order valence-electron chi connectivity index (χ3n) is 4.86. The van der Waals surface area contributed by atoms with Crippen molar-refractivity contribution in [3.8, 4) is 11.1 Å². The molecule has 0 radical (unpaired) electrons. The first kappa shape index (κ1) is 18.6. The van der Waals surface area contributed by atoms with E-state index < -0.39 is 34.9 Å². The highest BCUT2D eigenvalue weighted by atomic mass is 19.1. The molecule has 0 saturated heterocycles. The van der Waals surface area contributed by atoms with Crippen LogP contribution in [0, 0.1) is 11.6 Å². The largest absolute Gasteiger partial charge is 0.478 e. The second-order valence-electron chi connectivity index (χ2n) is 6.57. The predicted molar refractivity (Wildman–Crippen MR) is 102 cm³/mol. The number of halogens is 2. The first-order valence-electron chi connectivity index (χ1n) is 8.80. The second-order valence-corrected chi connectivity index (χ2v) is 6.57. The van der Waals surface area contributed by atoms with E-state index in [2.05, 4.69) is 0 Å². The van der Waals surface area contributed by atoms with Gasteiger partial charge in [0.15, 0.2) is 11.6 Å². The van der Waals surface area contributed by atoms with Gasteiger partial charge in [-0.05, 0) is 34.4 Å². The van der Waals surface area contributed by atoms with Gasteiger partial charge >= 0.3 is 12.1 Å². The number of carbonyl (C=O) groups is 2. The monoisotopic (exact) mass is 395 g/mol. The first-order valence-corrected chi connectivity index (χ1v) is 8.80. The van der Waals surface area contributed by atoms with Gasteiger partial charge in [0.1, 0.15) is 12.3 Å². The Hall–Kier alpha value is -3.74. The van der Waals surface area contributed by atoms with Gasteiger partial charge in [-0.3, -0.25) is 5.32 Å². The molecule has 3 aromatic carbocycles. The highest BCUT2D eigenvalue weighted by Crippen LogP contribution is 2.44. The molecule has 0 spiro atoms. The van der Waals surface area contributed by atoms with E-state index in [1.807, 2.05) is 53.8 Å². The minimum atomic E-state index is -1.48. The lowest BCUT2D eigenvalue weighted by molar-refractivity contribution is 0.0695. The summed E-state index contributed by atoms with van der Waals surface area (Å²) in [6.07, 6.45) is -1.03. The van der Waals surface area contributed by atoms with E-state index in [1.54, 1.807) is 0 Å². The quantitative estimate of drug-likeness (QED) is 0.650. The molecule has 3 aromatic rings. The van der Waals surface area contributed by atoms with E-state index in [0.717, 1.165) is 22.3 Å². The molecule has 2 N–H and O–H groups in total. The van der Waals surface area contributed by atoms with Gasteiger partial charge < -0.3 is 9.84 Å². The van der Waals surface area contributed by atoms with Crippen molar-refractivity contribution in [2.45, 2.75) is 5.92 Å². The molecule has 0 atom stereocenters. The first-order chi connectivity index (χ1) is 14.0. The number of carboxylic acids is 1. The van der Waals surface area contributed by atoms with Crippen LogP contribution in [-0.4, -0.2) is 23.8 Å². The molecule has 5 nitrogen and oxygen atoms in total. The minimum absolute atomic E-state index is 0.0176. The number of carboxylic acid groups (broad SMARTS) is 1. The number of rotatable bonds is 4. The van der Waals surface area contributed by atoms with Crippen molar-refractivity contribution in [1.82, 2.24) is 0 Å². The summed E-state index contributed by atoms with van der Waals surface area (Å²) in [5.74, 6) is -4.07. The normalized spacial score (nSPS) is 12.2. The Balaban J connectivity index is 1.51. The van der Waals surface area contributed by atoms with Gasteiger partial charge in [0.2, 0.25) is 0 Å². The van der Waals surface area contributed by atoms with E-state index in [9.17, 15) is 18.4 Å². The van der Waals surface area contributed by atoms with E-state index >= 15 is 0 Å². The molecule has 4 rings (SSSR count). The maximum atomic E-state index is 14.0. The number of amides is 1. The molecule has 29 heavy (non-hydrogen) atoms. The van der Waals surface area contributed by atoms with Crippen molar-refractivity contribution >= 4 is 17.7 Å². The third kappa shape index (κ3) is 3.42. The zero-order valence-corrected chi connectivity index (χ0v) is 15.0. The van der Waals surface area contributed by atoms with E-state index in [-0.39, 0.29) is 12.5 Å². The molecule has 0 aromatic heterocycles. The van der Waals surface area contributed by atoms with Gasteiger partial charge in [-0.15, -0.1) is 0 Å². The highest BCUT2D eigenvalue weighted by Gasteiger charge is 2.29. The molecule has 1 amide bonds. The number of benzene rings is 3. The predicted octanol–water partition coefficient (Wildman–Crippen LogP) is 5.02. The van der Waals surface area contributed by atoms with Crippen LogP contribution >= 0.6 is 0 Å². The van der Waals surface area contributed by atoms with Crippen LogP contribution in [0.5, 0.6) is 0 Å². The molecule has 146 valence electrons. The van der Waals surface area contributed by atoms with E-state index in [0.29, 0.717) is 12.1 Å². The van der Waals surface area contributed by atoms with Gasteiger partial charge in [0.25, 0.3) is 0 Å². The molecule has 0 bridgehead atoms. The fraction of sp³-hybridized carbons (Fsp3) is 0.0909.